The van der Waals surface area contributed by atoms with E-state index in [2.05, 4.69) is 34.3 Å². The summed E-state index contributed by atoms with van der Waals surface area (Å²) < 4.78 is 1.50. The van der Waals surface area contributed by atoms with Crippen molar-refractivity contribution in [2.24, 2.45) is 5.92 Å². The van der Waals surface area contributed by atoms with Crippen molar-refractivity contribution < 1.29 is 4.79 Å². The highest BCUT2D eigenvalue weighted by atomic mass is 32.1. The number of rotatable bonds is 5. The van der Waals surface area contributed by atoms with Crippen molar-refractivity contribution in [1.82, 2.24) is 19.6 Å². The van der Waals surface area contributed by atoms with E-state index >= 15 is 0 Å². The minimum absolute atomic E-state index is 0.0862. The monoisotopic (exact) mass is 410 g/mol. The molecule has 1 amide bonds. The summed E-state index contributed by atoms with van der Waals surface area (Å²) in [6, 6.07) is 10.4. The Morgan fingerprint density at radius 2 is 2.00 bits per heavy atom. The van der Waals surface area contributed by atoms with Gasteiger partial charge >= 0.3 is 0 Å². The topological polar surface area (TPSA) is 66.7 Å². The number of piperidine rings is 1. The van der Waals surface area contributed by atoms with Crippen LogP contribution in [0.3, 0.4) is 0 Å². The van der Waals surface area contributed by atoms with Crippen molar-refractivity contribution in [1.29, 1.82) is 0 Å². The first-order chi connectivity index (χ1) is 14.0. The Bertz CT molecular complexity index is 1050. The van der Waals surface area contributed by atoms with Gasteiger partial charge in [0.15, 0.2) is 4.96 Å². The van der Waals surface area contributed by atoms with Crippen LogP contribution in [0.1, 0.15) is 47.4 Å². The van der Waals surface area contributed by atoms with Gasteiger partial charge in [0.2, 0.25) is 0 Å². The Balaban J connectivity index is 1.54. The Morgan fingerprint density at radius 1 is 1.28 bits per heavy atom. The number of nitrogens with one attached hydrogen (secondary N) is 1. The molecule has 29 heavy (non-hydrogen) atoms. The van der Waals surface area contributed by atoms with Crippen LogP contribution < -0.4 is 10.9 Å². The van der Waals surface area contributed by atoms with Crippen molar-refractivity contribution >= 4 is 22.2 Å². The summed E-state index contributed by atoms with van der Waals surface area (Å²) in [5.74, 6) is 0.373. The Labute approximate surface area is 174 Å². The number of hydrogen-bond donors (Lipinski definition) is 1. The maximum Gasteiger partial charge on any atom is 0.271 e. The number of carbonyl (C=O) groups excluding carboxylic acids is 1. The molecule has 0 aliphatic carbocycles. The van der Waals surface area contributed by atoms with Gasteiger partial charge < -0.3 is 5.32 Å². The van der Waals surface area contributed by atoms with E-state index in [9.17, 15) is 9.59 Å². The molecule has 1 atom stereocenters. The standard InChI is InChI=1S/C22H26N4O2S/c1-15-8-10-25(11-9-15)19(17-6-4-3-5-7-17)13-23-20(27)18-12-24-22-26(21(18)28)16(2)14-29-22/h3-7,12,14-15,19H,8-11,13H2,1-2H3,(H,23,27). The molecule has 0 saturated carbocycles. The minimum Gasteiger partial charge on any atom is -0.350 e. The number of thiazole rings is 1. The number of aryl methyl sites for hydroxylation is 1. The molecule has 0 bridgehead atoms. The highest BCUT2D eigenvalue weighted by Gasteiger charge is 2.25. The van der Waals surface area contributed by atoms with Gasteiger partial charge in [-0.1, -0.05) is 37.3 Å². The zero-order chi connectivity index (χ0) is 20.4. The molecular weight excluding hydrogens is 384 g/mol. The number of hydrogen-bond acceptors (Lipinski definition) is 5. The van der Waals surface area contributed by atoms with Gasteiger partial charge in [0, 0.05) is 23.8 Å². The number of benzene rings is 1. The summed E-state index contributed by atoms with van der Waals surface area (Å²) in [5, 5.41) is 4.86. The highest BCUT2D eigenvalue weighted by Crippen LogP contribution is 2.26. The first-order valence-electron chi connectivity index (χ1n) is 10.1. The van der Waals surface area contributed by atoms with Crippen molar-refractivity contribution in [3.8, 4) is 0 Å². The molecule has 3 heterocycles. The molecule has 7 heteroatoms. The lowest BCUT2D eigenvalue weighted by Gasteiger charge is -2.37. The van der Waals surface area contributed by atoms with Gasteiger partial charge in [-0.15, -0.1) is 11.3 Å². The summed E-state index contributed by atoms with van der Waals surface area (Å²) >= 11 is 1.40. The third kappa shape index (κ3) is 4.11. The van der Waals surface area contributed by atoms with Crippen LogP contribution >= 0.6 is 11.3 Å². The zero-order valence-electron chi connectivity index (χ0n) is 16.8. The van der Waals surface area contributed by atoms with Crippen LogP contribution in [-0.2, 0) is 0 Å². The van der Waals surface area contributed by atoms with Gasteiger partial charge in [0.05, 0.1) is 6.04 Å². The molecule has 0 radical (unpaired) electrons. The normalized spacial score (nSPS) is 16.8. The minimum atomic E-state index is -0.367. The molecule has 1 N–H and O–H groups in total. The fraction of sp³-hybridized carbons (Fsp3) is 0.409. The average Bonchev–Trinajstić information content (AvgIpc) is 3.12. The predicted octanol–water partition coefficient (Wildman–Crippen LogP) is 3.27. The number of likely N-dealkylation sites (tertiary alicyclic amines) is 1. The highest BCUT2D eigenvalue weighted by molar-refractivity contribution is 7.15. The SMILES string of the molecule is Cc1csc2ncc(C(=O)NCC(c3ccccc3)N3CCC(C)CC3)c(=O)n12. The molecule has 152 valence electrons. The first-order valence-corrected chi connectivity index (χ1v) is 11.0. The lowest BCUT2D eigenvalue weighted by molar-refractivity contribution is 0.0911. The Morgan fingerprint density at radius 3 is 2.72 bits per heavy atom. The summed E-state index contributed by atoms with van der Waals surface area (Å²) in [6.07, 6.45) is 3.72. The summed E-state index contributed by atoms with van der Waals surface area (Å²) in [6.45, 7) is 6.63. The van der Waals surface area contributed by atoms with Crippen LogP contribution in [0.5, 0.6) is 0 Å². The van der Waals surface area contributed by atoms with Crippen LogP contribution in [0.25, 0.3) is 4.96 Å². The van der Waals surface area contributed by atoms with E-state index in [-0.39, 0.29) is 23.1 Å². The number of aromatic nitrogens is 2. The average molecular weight is 411 g/mol. The Hall–Kier alpha value is -2.51. The lowest BCUT2D eigenvalue weighted by Crippen LogP contribution is -2.42. The van der Waals surface area contributed by atoms with Crippen molar-refractivity contribution in [3.63, 3.8) is 0 Å². The molecule has 1 aromatic carbocycles. The van der Waals surface area contributed by atoms with Crippen LogP contribution in [0.15, 0.2) is 46.7 Å². The second-order valence-corrected chi connectivity index (χ2v) is 8.66. The zero-order valence-corrected chi connectivity index (χ0v) is 17.6. The molecule has 1 unspecified atom stereocenters. The second kappa shape index (κ2) is 8.47. The lowest BCUT2D eigenvalue weighted by atomic mass is 9.95. The molecule has 1 saturated heterocycles. The van der Waals surface area contributed by atoms with Gasteiger partial charge in [0.1, 0.15) is 5.56 Å². The smallest absolute Gasteiger partial charge is 0.271 e. The molecule has 4 rings (SSSR count). The summed E-state index contributed by atoms with van der Waals surface area (Å²) in [5.41, 5.74) is 1.75. The first kappa shape index (κ1) is 19.8. The Kier molecular flexibility index (Phi) is 5.78. The summed E-state index contributed by atoms with van der Waals surface area (Å²) in [7, 11) is 0. The number of carbonyl (C=O) groups is 1. The largest absolute Gasteiger partial charge is 0.350 e. The van der Waals surface area contributed by atoms with E-state index in [1.165, 1.54) is 27.5 Å². The molecule has 1 fully saturated rings. The van der Waals surface area contributed by atoms with Crippen LogP contribution in [0.2, 0.25) is 0 Å². The van der Waals surface area contributed by atoms with Gasteiger partial charge in [0.25, 0.3) is 11.5 Å². The second-order valence-electron chi connectivity index (χ2n) is 7.83. The van der Waals surface area contributed by atoms with E-state index in [0.29, 0.717) is 11.5 Å². The molecule has 1 aliphatic heterocycles. The van der Waals surface area contributed by atoms with E-state index < -0.39 is 0 Å². The van der Waals surface area contributed by atoms with Gasteiger partial charge in [-0.3, -0.25) is 18.9 Å². The van der Waals surface area contributed by atoms with Gasteiger partial charge in [-0.2, -0.15) is 0 Å². The molecule has 0 spiro atoms. The van der Waals surface area contributed by atoms with Crippen LogP contribution in [0.4, 0.5) is 0 Å². The maximum atomic E-state index is 12.8. The van der Waals surface area contributed by atoms with Crippen LogP contribution in [-0.4, -0.2) is 39.8 Å². The van der Waals surface area contributed by atoms with Crippen LogP contribution in [0, 0.1) is 12.8 Å². The number of amides is 1. The van der Waals surface area contributed by atoms with Gasteiger partial charge in [-0.05, 0) is 44.3 Å². The fourth-order valence-electron chi connectivity index (χ4n) is 3.94. The molecule has 2 aromatic heterocycles. The number of fused-ring (bicyclic) bond motifs is 1. The third-order valence-corrected chi connectivity index (χ3v) is 6.72. The summed E-state index contributed by atoms with van der Waals surface area (Å²) in [4.78, 5) is 32.9. The van der Waals surface area contributed by atoms with Crippen molar-refractivity contribution in [2.45, 2.75) is 32.7 Å². The van der Waals surface area contributed by atoms with Crippen molar-refractivity contribution in [2.75, 3.05) is 19.6 Å². The predicted molar refractivity (Wildman–Crippen MR) is 116 cm³/mol. The van der Waals surface area contributed by atoms with E-state index in [1.807, 2.05) is 30.5 Å². The number of nitrogens with zero attached hydrogens (tertiary/aromatic N) is 3. The van der Waals surface area contributed by atoms with E-state index in [1.54, 1.807) is 0 Å². The fourth-order valence-corrected chi connectivity index (χ4v) is 4.77. The quantitative estimate of drug-likeness (QED) is 0.701. The molecule has 1 aliphatic rings. The molecule has 3 aromatic rings. The maximum absolute atomic E-state index is 12.8. The molecular formula is C22H26N4O2S. The van der Waals surface area contributed by atoms with Gasteiger partial charge in [-0.25, -0.2) is 4.98 Å². The van der Waals surface area contributed by atoms with E-state index in [0.717, 1.165) is 37.5 Å². The molecule has 6 nitrogen and oxygen atoms in total. The van der Waals surface area contributed by atoms with Crippen molar-refractivity contribution in [3.05, 3.63) is 69.1 Å². The third-order valence-electron chi connectivity index (χ3n) is 5.76. The van der Waals surface area contributed by atoms with E-state index in [4.69, 9.17) is 0 Å².